The first-order valence-corrected chi connectivity index (χ1v) is 7.95. The molecule has 1 rings (SSSR count). The molecule has 1 aliphatic carbocycles. The third kappa shape index (κ3) is 4.17. The van der Waals surface area contributed by atoms with Crippen LogP contribution in [0.4, 0.5) is 0 Å². The van der Waals surface area contributed by atoms with E-state index in [1.54, 1.807) is 7.11 Å². The number of nitrogens with zero attached hydrogens (tertiary/aromatic N) is 1. The zero-order valence-electron chi connectivity index (χ0n) is 13.6. The standard InChI is InChI=1S/C16H34N2O/c1-13(2)10-11-18(15-8-6-7-9-15)16(4,12-17)14(3)19-5/h13-15H,6-12,17H2,1-5H3. The molecule has 0 radical (unpaired) electrons. The zero-order chi connectivity index (χ0) is 14.5. The second-order valence-electron chi connectivity index (χ2n) is 6.75. The molecule has 0 aliphatic heterocycles. The number of hydrogen-bond donors (Lipinski definition) is 1. The summed E-state index contributed by atoms with van der Waals surface area (Å²) in [5.41, 5.74) is 6.09. The fourth-order valence-electron chi connectivity index (χ4n) is 3.24. The molecule has 2 N–H and O–H groups in total. The van der Waals surface area contributed by atoms with Crippen molar-refractivity contribution < 1.29 is 4.74 Å². The SMILES string of the molecule is COC(C)C(C)(CN)N(CCC(C)C)C1CCCC1. The van der Waals surface area contributed by atoms with Gasteiger partial charge in [0.2, 0.25) is 0 Å². The Morgan fingerprint density at radius 2 is 1.84 bits per heavy atom. The van der Waals surface area contributed by atoms with Crippen LogP contribution in [0.5, 0.6) is 0 Å². The van der Waals surface area contributed by atoms with E-state index in [0.717, 1.165) is 12.5 Å². The van der Waals surface area contributed by atoms with Crippen LogP contribution in [-0.4, -0.2) is 42.8 Å². The van der Waals surface area contributed by atoms with Gasteiger partial charge in [-0.3, -0.25) is 4.90 Å². The molecule has 0 saturated heterocycles. The Kier molecular flexibility index (Phi) is 6.78. The van der Waals surface area contributed by atoms with E-state index in [2.05, 4.69) is 32.6 Å². The zero-order valence-corrected chi connectivity index (χ0v) is 13.6. The Labute approximate surface area is 119 Å². The summed E-state index contributed by atoms with van der Waals surface area (Å²) in [5.74, 6) is 0.740. The fraction of sp³-hybridized carbons (Fsp3) is 1.00. The van der Waals surface area contributed by atoms with Crippen molar-refractivity contribution >= 4 is 0 Å². The number of hydrogen-bond acceptors (Lipinski definition) is 3. The van der Waals surface area contributed by atoms with E-state index in [-0.39, 0.29) is 11.6 Å². The van der Waals surface area contributed by atoms with Crippen molar-refractivity contribution in [3.63, 3.8) is 0 Å². The number of rotatable bonds is 8. The van der Waals surface area contributed by atoms with E-state index in [1.807, 2.05) is 0 Å². The predicted octanol–water partition coefficient (Wildman–Crippen LogP) is 3.03. The van der Waals surface area contributed by atoms with Crippen LogP contribution >= 0.6 is 0 Å². The van der Waals surface area contributed by atoms with Crippen molar-refractivity contribution in [1.29, 1.82) is 0 Å². The molecular formula is C16H34N2O. The van der Waals surface area contributed by atoms with Crippen molar-refractivity contribution in [1.82, 2.24) is 4.90 Å². The van der Waals surface area contributed by atoms with Crippen LogP contribution in [0.15, 0.2) is 0 Å². The van der Waals surface area contributed by atoms with Crippen LogP contribution in [0, 0.1) is 5.92 Å². The fourth-order valence-corrected chi connectivity index (χ4v) is 3.24. The van der Waals surface area contributed by atoms with Crippen LogP contribution < -0.4 is 5.73 Å². The van der Waals surface area contributed by atoms with Gasteiger partial charge in [-0.15, -0.1) is 0 Å². The lowest BCUT2D eigenvalue weighted by Crippen LogP contribution is -2.61. The molecule has 0 amide bonds. The normalized spacial score (nSPS) is 22.1. The molecule has 1 aliphatic rings. The first kappa shape index (κ1) is 16.9. The Morgan fingerprint density at radius 3 is 2.26 bits per heavy atom. The first-order chi connectivity index (χ1) is 8.95. The molecule has 3 heteroatoms. The van der Waals surface area contributed by atoms with E-state index in [9.17, 15) is 0 Å². The maximum absolute atomic E-state index is 6.14. The van der Waals surface area contributed by atoms with Crippen LogP contribution in [-0.2, 0) is 4.74 Å². The summed E-state index contributed by atoms with van der Waals surface area (Å²) in [7, 11) is 1.80. The summed E-state index contributed by atoms with van der Waals surface area (Å²) >= 11 is 0. The van der Waals surface area contributed by atoms with Gasteiger partial charge in [-0.1, -0.05) is 26.7 Å². The van der Waals surface area contributed by atoms with Gasteiger partial charge in [-0.05, 0) is 45.6 Å². The summed E-state index contributed by atoms with van der Waals surface area (Å²) in [6, 6.07) is 0.699. The first-order valence-electron chi connectivity index (χ1n) is 7.95. The van der Waals surface area contributed by atoms with Gasteiger partial charge in [-0.25, -0.2) is 0 Å². The van der Waals surface area contributed by atoms with Crippen LogP contribution in [0.3, 0.4) is 0 Å². The molecule has 0 spiro atoms. The summed E-state index contributed by atoms with van der Waals surface area (Å²) < 4.78 is 5.63. The molecule has 2 unspecified atom stereocenters. The number of ether oxygens (including phenoxy) is 1. The topological polar surface area (TPSA) is 38.5 Å². The van der Waals surface area contributed by atoms with Crippen LogP contribution in [0.25, 0.3) is 0 Å². The molecule has 19 heavy (non-hydrogen) atoms. The van der Waals surface area contributed by atoms with Crippen LogP contribution in [0.2, 0.25) is 0 Å². The molecule has 1 fully saturated rings. The smallest absolute Gasteiger partial charge is 0.0736 e. The molecule has 3 nitrogen and oxygen atoms in total. The average Bonchev–Trinajstić information content (AvgIpc) is 2.90. The van der Waals surface area contributed by atoms with Crippen molar-refractivity contribution in [3.05, 3.63) is 0 Å². The molecule has 114 valence electrons. The minimum Gasteiger partial charge on any atom is -0.380 e. The van der Waals surface area contributed by atoms with Gasteiger partial charge in [-0.2, -0.15) is 0 Å². The third-order valence-corrected chi connectivity index (χ3v) is 5.01. The lowest BCUT2D eigenvalue weighted by Gasteiger charge is -2.47. The number of methoxy groups -OCH3 is 1. The highest BCUT2D eigenvalue weighted by Crippen LogP contribution is 2.32. The highest BCUT2D eigenvalue weighted by atomic mass is 16.5. The maximum Gasteiger partial charge on any atom is 0.0736 e. The minimum atomic E-state index is -0.0430. The van der Waals surface area contributed by atoms with Gasteiger partial charge in [0.05, 0.1) is 11.6 Å². The monoisotopic (exact) mass is 270 g/mol. The van der Waals surface area contributed by atoms with Crippen molar-refractivity contribution in [2.24, 2.45) is 11.7 Å². The van der Waals surface area contributed by atoms with E-state index in [4.69, 9.17) is 10.5 Å². The van der Waals surface area contributed by atoms with Crippen LogP contribution in [0.1, 0.15) is 59.8 Å². The van der Waals surface area contributed by atoms with E-state index in [0.29, 0.717) is 12.6 Å². The summed E-state index contributed by atoms with van der Waals surface area (Å²) in [5, 5.41) is 0. The molecule has 0 heterocycles. The molecule has 0 aromatic carbocycles. The maximum atomic E-state index is 6.14. The predicted molar refractivity (Wildman–Crippen MR) is 82.3 cm³/mol. The van der Waals surface area contributed by atoms with Gasteiger partial charge in [0.1, 0.15) is 0 Å². The lowest BCUT2D eigenvalue weighted by molar-refractivity contribution is -0.0518. The molecule has 0 aromatic rings. The van der Waals surface area contributed by atoms with Gasteiger partial charge in [0, 0.05) is 19.7 Å². The van der Waals surface area contributed by atoms with Crippen molar-refractivity contribution in [3.8, 4) is 0 Å². The second-order valence-corrected chi connectivity index (χ2v) is 6.75. The van der Waals surface area contributed by atoms with Gasteiger partial charge in [0.15, 0.2) is 0 Å². The summed E-state index contributed by atoms with van der Waals surface area (Å²) in [4.78, 5) is 2.66. The molecule has 0 bridgehead atoms. The Morgan fingerprint density at radius 1 is 1.26 bits per heavy atom. The largest absolute Gasteiger partial charge is 0.380 e. The molecular weight excluding hydrogens is 236 g/mol. The Hall–Kier alpha value is -0.120. The Balaban J connectivity index is 2.84. The third-order valence-electron chi connectivity index (χ3n) is 5.01. The minimum absolute atomic E-state index is 0.0430. The lowest BCUT2D eigenvalue weighted by atomic mass is 9.90. The molecule has 0 aromatic heterocycles. The van der Waals surface area contributed by atoms with Crippen molar-refractivity contribution in [2.45, 2.75) is 77.5 Å². The molecule has 2 atom stereocenters. The Bertz CT molecular complexity index is 251. The van der Waals surface area contributed by atoms with E-state index < -0.39 is 0 Å². The molecule has 1 saturated carbocycles. The van der Waals surface area contributed by atoms with Gasteiger partial charge in [0.25, 0.3) is 0 Å². The van der Waals surface area contributed by atoms with E-state index in [1.165, 1.54) is 32.1 Å². The van der Waals surface area contributed by atoms with Gasteiger partial charge >= 0.3 is 0 Å². The van der Waals surface area contributed by atoms with E-state index >= 15 is 0 Å². The average molecular weight is 270 g/mol. The summed E-state index contributed by atoms with van der Waals surface area (Å²) in [6.07, 6.45) is 6.79. The summed E-state index contributed by atoms with van der Waals surface area (Å²) in [6.45, 7) is 10.8. The van der Waals surface area contributed by atoms with Gasteiger partial charge < -0.3 is 10.5 Å². The highest BCUT2D eigenvalue weighted by molar-refractivity contribution is 4.97. The van der Waals surface area contributed by atoms with Crippen molar-refractivity contribution in [2.75, 3.05) is 20.2 Å². The number of nitrogens with two attached hydrogens (primary N) is 1. The quantitative estimate of drug-likeness (QED) is 0.737. The second kappa shape index (κ2) is 7.61. The highest BCUT2D eigenvalue weighted by Gasteiger charge is 2.40.